The second-order valence-corrected chi connectivity index (χ2v) is 11.6. The molecule has 3 heterocycles. The number of nitrogens with two attached hydrogens (primary N) is 1. The van der Waals surface area contributed by atoms with Gasteiger partial charge in [-0.25, -0.2) is 18.0 Å². The number of carbonyl (C=O) groups is 2. The van der Waals surface area contributed by atoms with E-state index >= 15 is 0 Å². The van der Waals surface area contributed by atoms with Crippen LogP contribution < -0.4 is 16.0 Å². The first-order chi connectivity index (χ1) is 18.5. The third-order valence-corrected chi connectivity index (χ3v) is 8.16. The molecule has 1 aromatic carbocycles. The molecule has 206 valence electrons. The van der Waals surface area contributed by atoms with Crippen LogP contribution in [0.5, 0.6) is 0 Å². The van der Waals surface area contributed by atoms with Crippen LogP contribution in [0.25, 0.3) is 11.3 Å². The van der Waals surface area contributed by atoms with Crippen molar-refractivity contribution in [2.24, 2.45) is 10.1 Å². The summed E-state index contributed by atoms with van der Waals surface area (Å²) >= 11 is 0. The minimum Gasteiger partial charge on any atom is -0.356 e. The molecule has 0 bridgehead atoms. The van der Waals surface area contributed by atoms with Gasteiger partial charge in [-0.3, -0.25) is 14.6 Å². The highest BCUT2D eigenvalue weighted by Gasteiger charge is 2.33. The Morgan fingerprint density at radius 3 is 2.67 bits per heavy atom. The largest absolute Gasteiger partial charge is 0.356 e. The third kappa shape index (κ3) is 6.63. The van der Waals surface area contributed by atoms with E-state index in [2.05, 4.69) is 19.6 Å². The van der Waals surface area contributed by atoms with E-state index in [1.807, 2.05) is 6.07 Å². The zero-order chi connectivity index (χ0) is 28.2. The maximum Gasteiger partial charge on any atom is 0.267 e. The van der Waals surface area contributed by atoms with Crippen molar-refractivity contribution in [3.8, 4) is 11.3 Å². The van der Waals surface area contributed by atoms with Gasteiger partial charge in [-0.2, -0.15) is 4.36 Å². The number of alkyl halides is 2. The number of rotatable bonds is 6. The molecule has 1 atom stereocenters. The van der Waals surface area contributed by atoms with Crippen LogP contribution in [0.15, 0.2) is 64.1 Å². The molecule has 1 saturated heterocycles. The number of benzene rings is 1. The average Bonchev–Trinajstić information content (AvgIpc) is 3.09. The lowest BCUT2D eigenvalue weighted by molar-refractivity contribution is -0.116. The fraction of sp³-hybridized carbons (Fsp3) is 0.333. The summed E-state index contributed by atoms with van der Waals surface area (Å²) in [4.78, 5) is 36.4. The molecule has 0 unspecified atom stereocenters. The zero-order valence-electron chi connectivity index (χ0n) is 21.7. The highest BCUT2D eigenvalue weighted by Crippen LogP contribution is 2.34. The SMILES string of the molecule is Cc1c(-c2ccccn2)cnc(N2CCCC(F)(F)CC2)c1C(=O)Nc1cccc([S@@](C)(=O)=NC(=O)CN)c1. The molecule has 0 spiro atoms. The van der Waals surface area contributed by atoms with Gasteiger partial charge in [0.2, 0.25) is 5.92 Å². The number of nitrogens with zero attached hydrogens (tertiary/aromatic N) is 4. The number of hydrogen-bond acceptors (Lipinski definition) is 7. The molecule has 12 heteroatoms. The lowest BCUT2D eigenvalue weighted by atomic mass is 10.0. The molecule has 1 fully saturated rings. The predicted molar refractivity (Wildman–Crippen MR) is 146 cm³/mol. The molecule has 1 aliphatic heterocycles. The Bertz CT molecular complexity index is 1510. The van der Waals surface area contributed by atoms with Gasteiger partial charge < -0.3 is 16.0 Å². The fourth-order valence-corrected chi connectivity index (χ4v) is 5.69. The van der Waals surface area contributed by atoms with Crippen molar-refractivity contribution in [2.45, 2.75) is 37.0 Å². The van der Waals surface area contributed by atoms with Gasteiger partial charge in [-0.05, 0) is 49.2 Å². The van der Waals surface area contributed by atoms with E-state index in [1.54, 1.807) is 54.5 Å². The van der Waals surface area contributed by atoms with Crippen molar-refractivity contribution < 1.29 is 22.6 Å². The fourth-order valence-electron chi connectivity index (χ4n) is 4.44. The number of amides is 2. The number of halogens is 2. The first-order valence-corrected chi connectivity index (χ1v) is 14.3. The van der Waals surface area contributed by atoms with Crippen molar-refractivity contribution in [3.05, 3.63) is 66.0 Å². The van der Waals surface area contributed by atoms with Gasteiger partial charge in [0, 0.05) is 60.7 Å². The standard InChI is InChI=1S/C27H30F2N6O3S/c1-18-21(22-9-3-4-12-31-22)17-32-25(35-13-6-10-27(28,29)11-14-35)24(18)26(37)33-19-7-5-8-20(15-19)39(2,38)34-23(36)16-30/h3-5,7-9,12,15,17H,6,10-11,13-14,16,30H2,1-2H3,(H,33,37)/t39-/m1/s1. The lowest BCUT2D eigenvalue weighted by Crippen LogP contribution is -2.30. The van der Waals surface area contributed by atoms with Crippen molar-refractivity contribution in [3.63, 3.8) is 0 Å². The van der Waals surface area contributed by atoms with E-state index in [0.717, 1.165) is 0 Å². The third-order valence-electron chi connectivity index (χ3n) is 6.48. The first-order valence-electron chi connectivity index (χ1n) is 12.4. The highest BCUT2D eigenvalue weighted by molar-refractivity contribution is 7.93. The summed E-state index contributed by atoms with van der Waals surface area (Å²) in [7, 11) is -3.09. The minimum atomic E-state index is -3.09. The van der Waals surface area contributed by atoms with E-state index in [-0.39, 0.29) is 42.8 Å². The maximum atomic E-state index is 14.1. The second-order valence-electron chi connectivity index (χ2n) is 9.38. The van der Waals surface area contributed by atoms with Gasteiger partial charge in [0.25, 0.3) is 11.8 Å². The Balaban J connectivity index is 1.75. The number of anilines is 2. The van der Waals surface area contributed by atoms with Crippen LogP contribution in [-0.4, -0.2) is 57.8 Å². The van der Waals surface area contributed by atoms with Crippen LogP contribution in [-0.2, 0) is 14.5 Å². The molecule has 0 aliphatic carbocycles. The van der Waals surface area contributed by atoms with Crippen molar-refractivity contribution in [1.82, 2.24) is 9.97 Å². The molecule has 4 rings (SSSR count). The van der Waals surface area contributed by atoms with Gasteiger partial charge in [-0.15, -0.1) is 0 Å². The Kier molecular flexibility index (Phi) is 8.36. The molecule has 39 heavy (non-hydrogen) atoms. The number of aromatic nitrogens is 2. The summed E-state index contributed by atoms with van der Waals surface area (Å²) in [6, 6.07) is 11.6. The summed E-state index contributed by atoms with van der Waals surface area (Å²) in [5, 5.41) is 2.82. The van der Waals surface area contributed by atoms with Crippen LogP contribution in [0.1, 0.15) is 35.2 Å². The molecule has 2 aromatic heterocycles. The van der Waals surface area contributed by atoms with Crippen molar-refractivity contribution in [2.75, 3.05) is 36.1 Å². The predicted octanol–water partition coefficient (Wildman–Crippen LogP) is 4.27. The second kappa shape index (κ2) is 11.5. The normalized spacial score (nSPS) is 16.6. The minimum absolute atomic E-state index is 0.0483. The van der Waals surface area contributed by atoms with E-state index in [0.29, 0.717) is 34.9 Å². The average molecular weight is 557 g/mol. The van der Waals surface area contributed by atoms with Gasteiger partial charge in [0.1, 0.15) is 5.82 Å². The van der Waals surface area contributed by atoms with Crippen LogP contribution >= 0.6 is 0 Å². The van der Waals surface area contributed by atoms with E-state index < -0.39 is 27.5 Å². The molecule has 3 aromatic rings. The Labute approximate surface area is 226 Å². The van der Waals surface area contributed by atoms with Crippen LogP contribution in [0.4, 0.5) is 20.3 Å². The molecule has 2 amide bonds. The smallest absolute Gasteiger partial charge is 0.267 e. The lowest BCUT2D eigenvalue weighted by Gasteiger charge is -2.26. The Hall–Kier alpha value is -3.77. The number of nitrogens with one attached hydrogen (secondary N) is 1. The van der Waals surface area contributed by atoms with Crippen molar-refractivity contribution >= 4 is 33.0 Å². The van der Waals surface area contributed by atoms with Gasteiger partial charge in [-0.1, -0.05) is 12.1 Å². The molecule has 9 nitrogen and oxygen atoms in total. The van der Waals surface area contributed by atoms with Gasteiger partial charge in [0.15, 0.2) is 0 Å². The van der Waals surface area contributed by atoms with Gasteiger partial charge in [0.05, 0.1) is 27.5 Å². The van der Waals surface area contributed by atoms with Crippen LogP contribution in [0, 0.1) is 6.92 Å². The summed E-state index contributed by atoms with van der Waals surface area (Å²) in [6.07, 6.45) is 4.25. The van der Waals surface area contributed by atoms with Crippen LogP contribution in [0.2, 0.25) is 0 Å². The summed E-state index contributed by atoms with van der Waals surface area (Å²) in [6.45, 7) is 1.77. The van der Waals surface area contributed by atoms with E-state index in [1.165, 1.54) is 12.3 Å². The van der Waals surface area contributed by atoms with Gasteiger partial charge >= 0.3 is 0 Å². The number of hydrogen-bond donors (Lipinski definition) is 2. The van der Waals surface area contributed by atoms with Crippen molar-refractivity contribution in [1.29, 1.82) is 0 Å². The molecule has 0 radical (unpaired) electrons. The Morgan fingerprint density at radius 2 is 1.95 bits per heavy atom. The summed E-state index contributed by atoms with van der Waals surface area (Å²) in [5.41, 5.74) is 7.69. The highest BCUT2D eigenvalue weighted by atomic mass is 32.2. The number of pyridine rings is 2. The van der Waals surface area contributed by atoms with E-state index in [9.17, 15) is 22.6 Å². The summed E-state index contributed by atoms with van der Waals surface area (Å²) in [5.74, 6) is -3.68. The molecule has 1 aliphatic rings. The van der Waals surface area contributed by atoms with Crippen LogP contribution in [0.3, 0.4) is 0 Å². The summed E-state index contributed by atoms with van der Waals surface area (Å²) < 4.78 is 44.9. The topological polar surface area (TPSA) is 131 Å². The molecular weight excluding hydrogens is 526 g/mol. The Morgan fingerprint density at radius 1 is 1.15 bits per heavy atom. The number of carbonyl (C=O) groups excluding carboxylic acids is 2. The molecule has 3 N–H and O–H groups in total. The molecular formula is C27H30F2N6O3S. The zero-order valence-corrected chi connectivity index (χ0v) is 22.5. The monoisotopic (exact) mass is 556 g/mol. The van der Waals surface area contributed by atoms with E-state index in [4.69, 9.17) is 5.73 Å². The maximum absolute atomic E-state index is 14.1. The first kappa shape index (κ1) is 28.2. The quantitative estimate of drug-likeness (QED) is 0.464. The molecule has 0 saturated carbocycles.